The molecule has 8 aromatic carbocycles. The molecule has 0 saturated heterocycles. The number of amidine groups is 2. The van der Waals surface area contributed by atoms with Crippen LogP contribution in [0.25, 0.3) is 75.5 Å². The number of nitrogens with one attached hydrogen (secondary N) is 1. The minimum atomic E-state index is -0.365. The Balaban J connectivity index is 0.992. The summed E-state index contributed by atoms with van der Waals surface area (Å²) in [4.78, 5) is 10.4. The highest BCUT2D eigenvalue weighted by Gasteiger charge is 2.24. The van der Waals surface area contributed by atoms with Crippen LogP contribution < -0.4 is 5.32 Å². The maximum absolute atomic E-state index is 6.26. The number of furan rings is 1. The Hall–Kier alpha value is -7.08. The molecule has 0 bridgehead atoms. The van der Waals surface area contributed by atoms with Crippen LogP contribution >= 0.6 is 11.3 Å². The highest BCUT2D eigenvalue weighted by molar-refractivity contribution is 7.26. The van der Waals surface area contributed by atoms with E-state index in [4.69, 9.17) is 14.4 Å². The van der Waals surface area contributed by atoms with Gasteiger partial charge in [0.05, 0.1) is 0 Å². The molecule has 3 heterocycles. The average Bonchev–Trinajstić information content (AvgIpc) is 3.85. The zero-order chi connectivity index (χ0) is 37.0. The van der Waals surface area contributed by atoms with Gasteiger partial charge in [-0.15, -0.1) is 11.3 Å². The van der Waals surface area contributed by atoms with Gasteiger partial charge in [0.15, 0.2) is 5.84 Å². The fourth-order valence-corrected chi connectivity index (χ4v) is 9.18. The molecule has 0 radical (unpaired) electrons. The first-order chi connectivity index (χ1) is 27.7. The quantitative estimate of drug-likeness (QED) is 0.185. The third kappa shape index (κ3) is 5.60. The summed E-state index contributed by atoms with van der Waals surface area (Å²) in [5.74, 6) is 1.47. The maximum Gasteiger partial charge on any atom is 0.159 e. The van der Waals surface area contributed by atoms with Crippen LogP contribution in [-0.2, 0) is 0 Å². The molecule has 4 nitrogen and oxygen atoms in total. The van der Waals surface area contributed by atoms with Gasteiger partial charge in [0.1, 0.15) is 23.2 Å². The standard InChI is InChI=1S/C51H33N3OS/c1-3-12-32(13-4-1)36-16-9-17-37(30-36)38-28-29-45-42(31-38)48-39(19-11-23-46(48)56-45)33-24-26-35(27-25-33)50-52-49(34-14-5-2-6-15-34)53-51(54-50)41-20-10-22-44-47(41)40-18-7-8-21-43(40)55-44/h1-31,51H,(H,52,53,54). The summed E-state index contributed by atoms with van der Waals surface area (Å²) < 4.78 is 8.82. The highest BCUT2D eigenvalue weighted by atomic mass is 32.1. The maximum atomic E-state index is 6.26. The van der Waals surface area contributed by atoms with E-state index < -0.39 is 0 Å². The van der Waals surface area contributed by atoms with Crippen LogP contribution in [0.1, 0.15) is 22.9 Å². The molecule has 0 aliphatic carbocycles. The second kappa shape index (κ2) is 13.3. The molecule has 0 spiro atoms. The molecule has 10 aromatic rings. The summed E-state index contributed by atoms with van der Waals surface area (Å²) in [6.45, 7) is 0. The van der Waals surface area contributed by atoms with E-state index in [9.17, 15) is 0 Å². The topological polar surface area (TPSA) is 49.9 Å². The third-order valence-corrected chi connectivity index (χ3v) is 11.9. The second-order valence-corrected chi connectivity index (χ2v) is 15.2. The van der Waals surface area contributed by atoms with E-state index in [0.29, 0.717) is 5.84 Å². The first-order valence-corrected chi connectivity index (χ1v) is 19.7. The van der Waals surface area contributed by atoms with Gasteiger partial charge in [-0.2, -0.15) is 0 Å². The monoisotopic (exact) mass is 735 g/mol. The number of fused-ring (bicyclic) bond motifs is 6. The van der Waals surface area contributed by atoms with Crippen LogP contribution in [-0.4, -0.2) is 11.7 Å². The van der Waals surface area contributed by atoms with E-state index in [1.54, 1.807) is 0 Å². The number of nitrogens with zero attached hydrogens (tertiary/aromatic N) is 2. The fourth-order valence-electron chi connectivity index (χ4n) is 8.07. The highest BCUT2D eigenvalue weighted by Crippen LogP contribution is 2.42. The molecular formula is C51H33N3OS. The lowest BCUT2D eigenvalue weighted by Crippen LogP contribution is -2.33. The molecule has 1 atom stereocenters. The summed E-state index contributed by atoms with van der Waals surface area (Å²) in [5, 5.41) is 8.35. The van der Waals surface area contributed by atoms with Crippen molar-refractivity contribution in [2.24, 2.45) is 9.98 Å². The Morgan fingerprint density at radius 2 is 1.09 bits per heavy atom. The molecule has 0 fully saturated rings. The number of aliphatic imine (C=N–C) groups is 2. The summed E-state index contributed by atoms with van der Waals surface area (Å²) >= 11 is 1.85. The summed E-state index contributed by atoms with van der Waals surface area (Å²) in [5.41, 5.74) is 12.0. The van der Waals surface area contributed by atoms with E-state index in [2.05, 4.69) is 151 Å². The molecular weight excluding hydrogens is 703 g/mol. The molecule has 56 heavy (non-hydrogen) atoms. The fraction of sp³-hybridized carbons (Fsp3) is 0.0196. The van der Waals surface area contributed by atoms with Crippen LogP contribution in [0.15, 0.2) is 202 Å². The van der Waals surface area contributed by atoms with Crippen LogP contribution in [0.2, 0.25) is 0 Å². The van der Waals surface area contributed by atoms with Gasteiger partial charge >= 0.3 is 0 Å². The van der Waals surface area contributed by atoms with Crippen LogP contribution in [0.4, 0.5) is 0 Å². The Kier molecular flexibility index (Phi) is 7.71. The molecule has 2 aromatic heterocycles. The van der Waals surface area contributed by atoms with Crippen molar-refractivity contribution in [1.29, 1.82) is 0 Å². The van der Waals surface area contributed by atoms with Gasteiger partial charge in [-0.1, -0.05) is 152 Å². The van der Waals surface area contributed by atoms with Gasteiger partial charge in [0.25, 0.3) is 0 Å². The average molecular weight is 736 g/mol. The SMILES string of the molecule is c1ccc(C2=NC(c3ccc(-c4cccc5sc6ccc(-c7cccc(-c8ccccc8)c7)cc6c45)cc3)=NC(c3cccc4oc5ccccc5c34)N2)cc1. The minimum Gasteiger partial charge on any atom is -0.456 e. The number of rotatable bonds is 6. The molecule has 1 N–H and O–H groups in total. The predicted octanol–water partition coefficient (Wildman–Crippen LogP) is 13.5. The molecule has 5 heteroatoms. The van der Waals surface area contributed by atoms with Gasteiger partial charge in [0, 0.05) is 47.6 Å². The van der Waals surface area contributed by atoms with Crippen molar-refractivity contribution in [3.8, 4) is 33.4 Å². The van der Waals surface area contributed by atoms with Crippen molar-refractivity contribution in [2.45, 2.75) is 6.17 Å². The van der Waals surface area contributed by atoms with Crippen LogP contribution in [0.5, 0.6) is 0 Å². The summed E-state index contributed by atoms with van der Waals surface area (Å²) in [6.07, 6.45) is -0.365. The molecule has 264 valence electrons. The van der Waals surface area contributed by atoms with E-state index in [-0.39, 0.29) is 6.17 Å². The lowest BCUT2D eigenvalue weighted by molar-refractivity contribution is 0.662. The second-order valence-electron chi connectivity index (χ2n) is 14.2. The van der Waals surface area contributed by atoms with Crippen molar-refractivity contribution >= 4 is 65.1 Å². The van der Waals surface area contributed by atoms with Crippen molar-refractivity contribution in [1.82, 2.24) is 5.32 Å². The van der Waals surface area contributed by atoms with Crippen LogP contribution in [0.3, 0.4) is 0 Å². The lowest BCUT2D eigenvalue weighted by atomic mass is 9.95. The Bertz CT molecular complexity index is 3160. The minimum absolute atomic E-state index is 0.365. The normalized spacial score (nSPS) is 14.2. The third-order valence-electron chi connectivity index (χ3n) is 10.8. The van der Waals surface area contributed by atoms with Crippen LogP contribution in [0, 0.1) is 0 Å². The van der Waals surface area contributed by atoms with E-state index in [1.807, 2.05) is 53.8 Å². The first-order valence-electron chi connectivity index (χ1n) is 18.8. The van der Waals surface area contributed by atoms with Crippen molar-refractivity contribution in [2.75, 3.05) is 0 Å². The van der Waals surface area contributed by atoms with Crippen molar-refractivity contribution in [3.05, 3.63) is 205 Å². The van der Waals surface area contributed by atoms with Gasteiger partial charge < -0.3 is 9.73 Å². The van der Waals surface area contributed by atoms with E-state index in [0.717, 1.165) is 50.0 Å². The van der Waals surface area contributed by atoms with Gasteiger partial charge in [-0.25, -0.2) is 9.98 Å². The molecule has 0 amide bonds. The Morgan fingerprint density at radius 1 is 0.446 bits per heavy atom. The molecule has 1 unspecified atom stereocenters. The largest absolute Gasteiger partial charge is 0.456 e. The zero-order valence-electron chi connectivity index (χ0n) is 30.2. The number of benzene rings is 8. The number of hydrogen-bond acceptors (Lipinski definition) is 5. The van der Waals surface area contributed by atoms with Gasteiger partial charge in [-0.05, 0) is 69.8 Å². The smallest absolute Gasteiger partial charge is 0.159 e. The number of hydrogen-bond donors (Lipinski definition) is 1. The van der Waals surface area contributed by atoms with Crippen molar-refractivity contribution in [3.63, 3.8) is 0 Å². The predicted molar refractivity (Wildman–Crippen MR) is 235 cm³/mol. The van der Waals surface area contributed by atoms with E-state index >= 15 is 0 Å². The number of para-hydroxylation sites is 1. The number of thiophene rings is 1. The Morgan fingerprint density at radius 3 is 1.93 bits per heavy atom. The molecule has 11 rings (SSSR count). The molecule has 0 saturated carbocycles. The molecule has 1 aliphatic rings. The van der Waals surface area contributed by atoms with Gasteiger partial charge in [-0.3, -0.25) is 0 Å². The van der Waals surface area contributed by atoms with Gasteiger partial charge in [0.2, 0.25) is 0 Å². The summed E-state index contributed by atoms with van der Waals surface area (Å²) in [7, 11) is 0. The first kappa shape index (κ1) is 32.4. The van der Waals surface area contributed by atoms with E-state index in [1.165, 1.54) is 48.0 Å². The lowest BCUT2D eigenvalue weighted by Gasteiger charge is -2.24. The zero-order valence-corrected chi connectivity index (χ0v) is 31.0. The summed E-state index contributed by atoms with van der Waals surface area (Å²) in [6, 6.07) is 66.4. The Labute approximate surface area is 327 Å². The van der Waals surface area contributed by atoms with Crippen molar-refractivity contribution < 1.29 is 4.42 Å². The molecule has 1 aliphatic heterocycles.